The predicted octanol–water partition coefficient (Wildman–Crippen LogP) is 4.82. The van der Waals surface area contributed by atoms with Crippen LogP contribution in [-0.4, -0.2) is 42.4 Å². The maximum absolute atomic E-state index is 13.2. The van der Waals surface area contributed by atoms with Gasteiger partial charge in [0.15, 0.2) is 5.78 Å². The average Bonchev–Trinajstić information content (AvgIpc) is 3.11. The summed E-state index contributed by atoms with van der Waals surface area (Å²) in [5.41, 5.74) is -0.270. The normalized spacial score (nSPS) is 36.0. The summed E-state index contributed by atoms with van der Waals surface area (Å²) < 4.78 is 23.5. The van der Waals surface area contributed by atoms with Crippen molar-refractivity contribution >= 4 is 23.7 Å². The van der Waals surface area contributed by atoms with Crippen molar-refractivity contribution in [3.8, 4) is 0 Å². The molecule has 0 unspecified atom stereocenters. The highest BCUT2D eigenvalue weighted by molar-refractivity contribution is 5.92. The number of allylic oxidation sites excluding steroid dienone is 4. The molecule has 1 saturated carbocycles. The molecular formula is C29H40O8. The number of ether oxygens (including phenoxy) is 4. The van der Waals surface area contributed by atoms with E-state index in [2.05, 4.69) is 26.5 Å². The molecule has 1 spiro atoms. The van der Waals surface area contributed by atoms with E-state index in [1.807, 2.05) is 13.8 Å². The lowest BCUT2D eigenvalue weighted by atomic mass is 9.45. The molecule has 1 heterocycles. The van der Waals surface area contributed by atoms with Gasteiger partial charge in [0.1, 0.15) is 11.5 Å². The van der Waals surface area contributed by atoms with E-state index >= 15 is 0 Å². The molecule has 37 heavy (non-hydrogen) atoms. The van der Waals surface area contributed by atoms with Gasteiger partial charge in [0.2, 0.25) is 12.6 Å². The maximum Gasteiger partial charge on any atom is 0.308 e. The van der Waals surface area contributed by atoms with Gasteiger partial charge in [0, 0.05) is 25.8 Å². The van der Waals surface area contributed by atoms with Crippen molar-refractivity contribution in [3.63, 3.8) is 0 Å². The van der Waals surface area contributed by atoms with Gasteiger partial charge in [-0.1, -0.05) is 52.0 Å². The first-order valence-electron chi connectivity index (χ1n) is 13.1. The highest BCUT2D eigenvalue weighted by Gasteiger charge is 2.72. The lowest BCUT2D eigenvalue weighted by molar-refractivity contribution is -0.255. The summed E-state index contributed by atoms with van der Waals surface area (Å²) >= 11 is 0. The predicted molar refractivity (Wildman–Crippen MR) is 136 cm³/mol. The summed E-state index contributed by atoms with van der Waals surface area (Å²) in [5, 5.41) is 0. The van der Waals surface area contributed by atoms with E-state index in [4.69, 9.17) is 18.9 Å². The molecule has 0 amide bonds. The zero-order chi connectivity index (χ0) is 27.7. The second-order valence-electron chi connectivity index (χ2n) is 11.0. The van der Waals surface area contributed by atoms with Gasteiger partial charge >= 0.3 is 17.9 Å². The van der Waals surface area contributed by atoms with Crippen LogP contribution in [0.25, 0.3) is 0 Å². The second-order valence-corrected chi connectivity index (χ2v) is 11.0. The number of rotatable bonds is 8. The summed E-state index contributed by atoms with van der Waals surface area (Å²) in [4.78, 5) is 50.6. The van der Waals surface area contributed by atoms with Crippen LogP contribution in [0.15, 0.2) is 36.0 Å². The van der Waals surface area contributed by atoms with E-state index < -0.39 is 47.4 Å². The number of hydrogen-bond acceptors (Lipinski definition) is 8. The van der Waals surface area contributed by atoms with Crippen molar-refractivity contribution in [2.45, 2.75) is 92.8 Å². The van der Waals surface area contributed by atoms with Gasteiger partial charge in [-0.15, -0.1) is 0 Å². The van der Waals surface area contributed by atoms with Crippen molar-refractivity contribution in [1.29, 1.82) is 0 Å². The molecule has 0 aromatic rings. The van der Waals surface area contributed by atoms with E-state index in [1.54, 1.807) is 13.0 Å². The molecule has 8 atom stereocenters. The van der Waals surface area contributed by atoms with E-state index in [0.29, 0.717) is 24.8 Å². The van der Waals surface area contributed by atoms with Crippen molar-refractivity contribution in [2.75, 3.05) is 0 Å². The van der Waals surface area contributed by atoms with Crippen LogP contribution in [-0.2, 0) is 38.1 Å². The molecule has 3 rings (SSSR count). The number of hydrogen-bond donors (Lipinski definition) is 0. The van der Waals surface area contributed by atoms with Gasteiger partial charge in [-0.2, -0.15) is 0 Å². The highest BCUT2D eigenvalue weighted by atomic mass is 16.8. The van der Waals surface area contributed by atoms with Gasteiger partial charge in [-0.05, 0) is 49.5 Å². The number of carbonyl (C=O) groups excluding carboxylic acids is 4. The summed E-state index contributed by atoms with van der Waals surface area (Å²) in [6, 6.07) is 0. The topological polar surface area (TPSA) is 105 Å². The molecule has 1 aliphatic heterocycles. The smallest absolute Gasteiger partial charge is 0.308 e. The fourth-order valence-electron chi connectivity index (χ4n) is 6.16. The Kier molecular flexibility index (Phi) is 8.52. The average molecular weight is 517 g/mol. The minimum absolute atomic E-state index is 0.0321. The Balaban J connectivity index is 2.27. The van der Waals surface area contributed by atoms with E-state index in [1.165, 1.54) is 19.9 Å². The highest BCUT2D eigenvalue weighted by Crippen LogP contribution is 2.67. The fourth-order valence-corrected chi connectivity index (χ4v) is 6.16. The SMILES string of the molecule is C=C/C(C)=C/C[C@]1(C)[C@H](C)C[C@H](OC(=O)[C@@H](C)CC)[C@@]23C(=CC(=O)C[C@@H]12)[C@@H](OC(C)=O)O[C@H]3OC(C)=O. The Bertz CT molecular complexity index is 1020. The van der Waals surface area contributed by atoms with Crippen LogP contribution in [0.2, 0.25) is 0 Å². The third kappa shape index (κ3) is 5.17. The van der Waals surface area contributed by atoms with Crippen LogP contribution in [0.3, 0.4) is 0 Å². The van der Waals surface area contributed by atoms with Crippen LogP contribution in [0.4, 0.5) is 0 Å². The molecule has 0 aromatic heterocycles. The van der Waals surface area contributed by atoms with E-state index in [-0.39, 0.29) is 30.0 Å². The summed E-state index contributed by atoms with van der Waals surface area (Å²) in [7, 11) is 0. The monoisotopic (exact) mass is 516 g/mol. The number of ketones is 1. The Hall–Kier alpha value is -2.74. The molecule has 2 aliphatic carbocycles. The van der Waals surface area contributed by atoms with E-state index in [9.17, 15) is 19.2 Å². The van der Waals surface area contributed by atoms with Gasteiger partial charge in [0.05, 0.1) is 5.92 Å². The number of carbonyl (C=O) groups is 4. The third-order valence-corrected chi connectivity index (χ3v) is 8.72. The Morgan fingerprint density at radius 3 is 2.41 bits per heavy atom. The molecule has 8 heteroatoms. The molecule has 2 fully saturated rings. The number of esters is 3. The largest absolute Gasteiger partial charge is 0.461 e. The van der Waals surface area contributed by atoms with Crippen molar-refractivity contribution in [1.82, 2.24) is 0 Å². The van der Waals surface area contributed by atoms with E-state index in [0.717, 1.165) is 5.57 Å². The zero-order valence-electron chi connectivity index (χ0n) is 23.0. The van der Waals surface area contributed by atoms with Crippen molar-refractivity contribution < 1.29 is 38.1 Å². The zero-order valence-corrected chi connectivity index (χ0v) is 23.0. The minimum Gasteiger partial charge on any atom is -0.461 e. The standard InChI is InChI=1S/C29H40O8/c1-9-16(3)11-12-28(8)18(5)13-24(36-25(33)17(4)10-2)29-22(14-21(32)15-23(28)29)26(34-19(6)30)37-27(29)35-20(7)31/h9,11,14,17-18,23-24,26-27H,1,10,12-13,15H2,2-8H3/b16-11+/t17-,18+,23-,24-,26-,27+,28+,29+/m0/s1. The molecule has 8 nitrogen and oxygen atoms in total. The lowest BCUT2D eigenvalue weighted by Crippen LogP contribution is -2.63. The van der Waals surface area contributed by atoms with Crippen LogP contribution in [0.1, 0.15) is 74.1 Å². The molecule has 0 radical (unpaired) electrons. The molecule has 204 valence electrons. The second kappa shape index (κ2) is 10.9. The summed E-state index contributed by atoms with van der Waals surface area (Å²) in [5.74, 6) is -2.44. The fraction of sp³-hybridized carbons (Fsp3) is 0.655. The van der Waals surface area contributed by atoms with Crippen LogP contribution in [0, 0.1) is 28.6 Å². The molecule has 3 aliphatic rings. The Morgan fingerprint density at radius 1 is 1.19 bits per heavy atom. The summed E-state index contributed by atoms with van der Waals surface area (Å²) in [6.07, 6.45) is 3.92. The molecular weight excluding hydrogens is 476 g/mol. The Morgan fingerprint density at radius 2 is 1.84 bits per heavy atom. The first-order valence-corrected chi connectivity index (χ1v) is 13.1. The van der Waals surface area contributed by atoms with Crippen LogP contribution < -0.4 is 0 Å². The third-order valence-electron chi connectivity index (χ3n) is 8.72. The first-order chi connectivity index (χ1) is 17.3. The van der Waals surface area contributed by atoms with Crippen LogP contribution >= 0.6 is 0 Å². The van der Waals surface area contributed by atoms with Crippen molar-refractivity contribution in [2.24, 2.45) is 28.6 Å². The Labute approximate surface area is 219 Å². The van der Waals surface area contributed by atoms with Gasteiger partial charge in [-0.25, -0.2) is 0 Å². The lowest BCUT2D eigenvalue weighted by Gasteiger charge is -2.59. The molecule has 0 bridgehead atoms. The molecule has 0 N–H and O–H groups in total. The van der Waals surface area contributed by atoms with Crippen molar-refractivity contribution in [3.05, 3.63) is 36.0 Å². The first kappa shape index (κ1) is 28.8. The maximum atomic E-state index is 13.2. The summed E-state index contributed by atoms with van der Waals surface area (Å²) in [6.45, 7) is 16.2. The van der Waals surface area contributed by atoms with Gasteiger partial charge in [-0.3, -0.25) is 23.9 Å². The molecule has 0 aromatic carbocycles. The quantitative estimate of drug-likeness (QED) is 0.257. The minimum atomic E-state index is -1.23. The van der Waals surface area contributed by atoms with Gasteiger partial charge < -0.3 is 14.2 Å². The van der Waals surface area contributed by atoms with Gasteiger partial charge in [0.25, 0.3) is 0 Å². The van der Waals surface area contributed by atoms with Crippen LogP contribution in [0.5, 0.6) is 0 Å². The molecule has 1 saturated heterocycles.